The van der Waals surface area contributed by atoms with E-state index in [4.69, 9.17) is 0 Å². The molecule has 1 N–H and O–H groups in total. The number of hydrogen-bond acceptors (Lipinski definition) is 1. The summed E-state index contributed by atoms with van der Waals surface area (Å²) < 4.78 is 0. The first-order valence-corrected chi connectivity index (χ1v) is 5.58. The van der Waals surface area contributed by atoms with E-state index < -0.39 is 0 Å². The number of phenolic OH excluding ortho intramolecular Hbond substituents is 1. The molecule has 0 radical (unpaired) electrons. The maximum absolute atomic E-state index is 9.21. The molecule has 0 aliphatic heterocycles. The first kappa shape index (κ1) is 10.7. The van der Waals surface area contributed by atoms with Gasteiger partial charge in [0.05, 0.1) is 0 Å². The molecule has 0 fully saturated rings. The van der Waals surface area contributed by atoms with E-state index in [0.29, 0.717) is 11.7 Å². The molecule has 0 unspecified atom stereocenters. The summed E-state index contributed by atoms with van der Waals surface area (Å²) >= 11 is 0. The van der Waals surface area contributed by atoms with Gasteiger partial charge < -0.3 is 5.11 Å². The molecule has 2 rings (SSSR count). The fourth-order valence-electron chi connectivity index (χ4n) is 1.89. The van der Waals surface area contributed by atoms with Crippen LogP contribution in [-0.4, -0.2) is 5.11 Å². The minimum Gasteiger partial charge on any atom is -0.508 e. The lowest BCUT2D eigenvalue weighted by atomic mass is 9.94. The zero-order valence-electron chi connectivity index (χ0n) is 9.43. The van der Waals surface area contributed by atoms with E-state index in [9.17, 15) is 5.11 Å². The van der Waals surface area contributed by atoms with Gasteiger partial charge in [0.1, 0.15) is 5.75 Å². The molecule has 0 aromatic heterocycles. The minimum absolute atomic E-state index is 0.330. The lowest BCUT2D eigenvalue weighted by molar-refractivity contribution is 0.475. The van der Waals surface area contributed by atoms with Gasteiger partial charge in [0.25, 0.3) is 0 Å². The maximum atomic E-state index is 9.21. The summed E-state index contributed by atoms with van der Waals surface area (Å²) in [5.74, 6) is 0.835. The van der Waals surface area contributed by atoms with Gasteiger partial charge in [0, 0.05) is 0 Å². The van der Waals surface area contributed by atoms with Gasteiger partial charge in [-0.2, -0.15) is 0 Å². The smallest absolute Gasteiger partial charge is 0.115 e. The van der Waals surface area contributed by atoms with E-state index in [1.54, 1.807) is 12.1 Å². The molecule has 0 heterocycles. The molecule has 0 saturated carbocycles. The van der Waals surface area contributed by atoms with Gasteiger partial charge in [-0.15, -0.1) is 0 Å². The van der Waals surface area contributed by atoms with Crippen LogP contribution in [0, 0.1) is 0 Å². The first-order chi connectivity index (χ1) is 7.75. The molecule has 0 saturated heterocycles. The molecule has 82 valence electrons. The summed E-state index contributed by atoms with van der Waals surface area (Å²) in [7, 11) is 0. The number of aromatic hydroxyl groups is 1. The molecular formula is C15H16O. The molecule has 2 aromatic rings. The molecule has 1 atom stereocenters. The molecular weight excluding hydrogens is 196 g/mol. The van der Waals surface area contributed by atoms with Crippen molar-refractivity contribution in [2.24, 2.45) is 0 Å². The van der Waals surface area contributed by atoms with Crippen LogP contribution >= 0.6 is 0 Å². The lowest BCUT2D eigenvalue weighted by Crippen LogP contribution is -1.97. The predicted octanol–water partition coefficient (Wildman–Crippen LogP) is 3.74. The Labute approximate surface area is 96.4 Å². The minimum atomic E-state index is 0.330. The van der Waals surface area contributed by atoms with E-state index in [-0.39, 0.29) is 0 Å². The number of hydrogen-bond donors (Lipinski definition) is 1. The van der Waals surface area contributed by atoms with Gasteiger partial charge in [-0.1, -0.05) is 49.4 Å². The van der Waals surface area contributed by atoms with Crippen LogP contribution in [0.25, 0.3) is 0 Å². The molecule has 0 aliphatic carbocycles. The normalized spacial score (nSPS) is 12.3. The van der Waals surface area contributed by atoms with Gasteiger partial charge in [0.2, 0.25) is 0 Å². The number of rotatable bonds is 3. The number of phenols is 1. The van der Waals surface area contributed by atoms with Crippen molar-refractivity contribution < 1.29 is 5.11 Å². The standard InChI is InChI=1S/C15H16O/c1-12(14-5-3-2-4-6-14)11-13-7-9-15(16)10-8-13/h2-10,12,16H,11H2,1H3/t12-/m1/s1. The fraction of sp³-hybridized carbons (Fsp3) is 0.200. The molecule has 16 heavy (non-hydrogen) atoms. The fourth-order valence-corrected chi connectivity index (χ4v) is 1.89. The van der Waals surface area contributed by atoms with Crippen LogP contribution in [0.3, 0.4) is 0 Å². The summed E-state index contributed by atoms with van der Waals surface area (Å²) in [6, 6.07) is 17.9. The quantitative estimate of drug-likeness (QED) is 0.821. The Hall–Kier alpha value is -1.76. The third-order valence-corrected chi connectivity index (χ3v) is 2.85. The Bertz CT molecular complexity index is 431. The number of benzene rings is 2. The topological polar surface area (TPSA) is 20.2 Å². The van der Waals surface area contributed by atoms with Crippen LogP contribution in [-0.2, 0) is 6.42 Å². The second-order valence-electron chi connectivity index (χ2n) is 4.18. The Kier molecular flexibility index (Phi) is 3.25. The molecule has 1 heteroatoms. The Morgan fingerprint density at radius 1 is 0.938 bits per heavy atom. The average molecular weight is 212 g/mol. The summed E-state index contributed by atoms with van der Waals surface area (Å²) in [6.07, 6.45) is 1.00. The molecule has 0 bridgehead atoms. The third kappa shape index (κ3) is 2.63. The van der Waals surface area contributed by atoms with E-state index >= 15 is 0 Å². The highest BCUT2D eigenvalue weighted by Crippen LogP contribution is 2.21. The zero-order chi connectivity index (χ0) is 11.4. The zero-order valence-corrected chi connectivity index (χ0v) is 9.43. The first-order valence-electron chi connectivity index (χ1n) is 5.58. The monoisotopic (exact) mass is 212 g/mol. The van der Waals surface area contributed by atoms with Crippen molar-refractivity contribution in [3.63, 3.8) is 0 Å². The van der Waals surface area contributed by atoms with Crippen molar-refractivity contribution in [1.82, 2.24) is 0 Å². The Morgan fingerprint density at radius 3 is 2.19 bits per heavy atom. The average Bonchev–Trinajstić information content (AvgIpc) is 2.33. The maximum Gasteiger partial charge on any atom is 0.115 e. The van der Waals surface area contributed by atoms with Crippen molar-refractivity contribution in [3.05, 3.63) is 65.7 Å². The van der Waals surface area contributed by atoms with Gasteiger partial charge in [-0.25, -0.2) is 0 Å². The van der Waals surface area contributed by atoms with E-state index in [1.807, 2.05) is 18.2 Å². The largest absolute Gasteiger partial charge is 0.508 e. The molecule has 0 spiro atoms. The highest BCUT2D eigenvalue weighted by Gasteiger charge is 2.05. The van der Waals surface area contributed by atoms with Crippen molar-refractivity contribution in [3.8, 4) is 5.75 Å². The highest BCUT2D eigenvalue weighted by atomic mass is 16.3. The molecule has 0 amide bonds. The van der Waals surface area contributed by atoms with Crippen molar-refractivity contribution in [2.45, 2.75) is 19.3 Å². The van der Waals surface area contributed by atoms with Crippen LogP contribution in [0.4, 0.5) is 0 Å². The summed E-state index contributed by atoms with van der Waals surface area (Å²) in [5.41, 5.74) is 2.62. The van der Waals surface area contributed by atoms with Gasteiger partial charge >= 0.3 is 0 Å². The second kappa shape index (κ2) is 4.84. The van der Waals surface area contributed by atoms with Crippen LogP contribution in [0.2, 0.25) is 0 Å². The summed E-state index contributed by atoms with van der Waals surface area (Å²) in [4.78, 5) is 0. The summed E-state index contributed by atoms with van der Waals surface area (Å²) in [6.45, 7) is 2.22. The lowest BCUT2D eigenvalue weighted by Gasteiger charge is -2.11. The molecule has 1 nitrogen and oxygen atoms in total. The molecule has 0 aliphatic rings. The third-order valence-electron chi connectivity index (χ3n) is 2.85. The van der Waals surface area contributed by atoms with Crippen LogP contribution in [0.5, 0.6) is 5.75 Å². The second-order valence-corrected chi connectivity index (χ2v) is 4.18. The predicted molar refractivity (Wildman–Crippen MR) is 66.7 cm³/mol. The van der Waals surface area contributed by atoms with E-state index in [1.165, 1.54) is 11.1 Å². The Morgan fingerprint density at radius 2 is 1.56 bits per heavy atom. The van der Waals surface area contributed by atoms with Crippen molar-refractivity contribution >= 4 is 0 Å². The van der Waals surface area contributed by atoms with Crippen LogP contribution in [0.1, 0.15) is 24.0 Å². The SMILES string of the molecule is C[C@H](Cc1ccc(O)cc1)c1ccccc1. The van der Waals surface area contributed by atoms with E-state index in [0.717, 1.165) is 6.42 Å². The molecule has 2 aromatic carbocycles. The highest BCUT2D eigenvalue weighted by molar-refractivity contribution is 5.28. The van der Waals surface area contributed by atoms with Crippen molar-refractivity contribution in [2.75, 3.05) is 0 Å². The van der Waals surface area contributed by atoms with Crippen molar-refractivity contribution in [1.29, 1.82) is 0 Å². The Balaban J connectivity index is 2.08. The van der Waals surface area contributed by atoms with E-state index in [2.05, 4.69) is 31.2 Å². The van der Waals surface area contributed by atoms with Crippen LogP contribution in [0.15, 0.2) is 54.6 Å². The van der Waals surface area contributed by atoms with Gasteiger partial charge in [-0.05, 0) is 35.6 Å². The summed E-state index contributed by atoms with van der Waals surface area (Å²) in [5, 5.41) is 9.21. The van der Waals surface area contributed by atoms with Gasteiger partial charge in [0.15, 0.2) is 0 Å². The van der Waals surface area contributed by atoms with Crippen LogP contribution < -0.4 is 0 Å². The van der Waals surface area contributed by atoms with Gasteiger partial charge in [-0.3, -0.25) is 0 Å².